The van der Waals surface area contributed by atoms with Crippen molar-refractivity contribution in [2.45, 2.75) is 46.3 Å². The maximum atomic E-state index is 13.7. The van der Waals surface area contributed by atoms with Gasteiger partial charge in [-0.3, -0.25) is 24.4 Å². The Balaban J connectivity index is 1.16. The normalized spacial score (nSPS) is 18.0. The fourth-order valence-electron chi connectivity index (χ4n) is 6.61. The van der Waals surface area contributed by atoms with E-state index in [0.29, 0.717) is 23.4 Å². The SMILES string of the molecule is CCn1c2ccccc2c2cc(CN3CCC(N4C(=O)c5c(C)nc6ccc(C)cc6c5C4=O)C3)ccc21. The molecule has 0 saturated carbocycles. The third kappa shape index (κ3) is 3.33. The highest BCUT2D eigenvalue weighted by molar-refractivity contribution is 6.26. The van der Waals surface area contributed by atoms with Gasteiger partial charge in [-0.15, -0.1) is 0 Å². The summed E-state index contributed by atoms with van der Waals surface area (Å²) in [5, 5.41) is 3.34. The average molecular weight is 503 g/mol. The van der Waals surface area contributed by atoms with E-state index < -0.39 is 0 Å². The van der Waals surface area contributed by atoms with E-state index in [1.807, 2.05) is 32.0 Å². The maximum absolute atomic E-state index is 13.7. The van der Waals surface area contributed by atoms with E-state index in [9.17, 15) is 9.59 Å². The maximum Gasteiger partial charge on any atom is 0.263 e. The molecule has 4 heterocycles. The molecule has 0 aliphatic carbocycles. The molecule has 3 aromatic carbocycles. The first kappa shape index (κ1) is 23.1. The van der Waals surface area contributed by atoms with Crippen molar-refractivity contribution in [2.24, 2.45) is 0 Å². The van der Waals surface area contributed by atoms with Gasteiger partial charge in [0.15, 0.2) is 0 Å². The lowest BCUT2D eigenvalue weighted by Crippen LogP contribution is -2.41. The topological polar surface area (TPSA) is 58.4 Å². The Morgan fingerprint density at radius 3 is 2.50 bits per heavy atom. The molecule has 2 aliphatic heterocycles. The summed E-state index contributed by atoms with van der Waals surface area (Å²) in [4.78, 5) is 35.8. The molecule has 2 aromatic heterocycles. The average Bonchev–Trinajstić information content (AvgIpc) is 3.57. The second-order valence-electron chi connectivity index (χ2n) is 10.7. The number of carbonyl (C=O) groups is 2. The quantitative estimate of drug-likeness (QED) is 0.289. The summed E-state index contributed by atoms with van der Waals surface area (Å²) in [6.07, 6.45) is 0.784. The Hall–Kier alpha value is -4.03. The summed E-state index contributed by atoms with van der Waals surface area (Å²) in [5.41, 5.74) is 7.22. The molecule has 1 unspecified atom stereocenters. The van der Waals surface area contributed by atoms with Crippen LogP contribution in [0.2, 0.25) is 0 Å². The Morgan fingerprint density at radius 2 is 1.66 bits per heavy atom. The highest BCUT2D eigenvalue weighted by Gasteiger charge is 2.44. The number of carbonyl (C=O) groups excluding carboxylic acids is 2. The molecular formula is C32H30N4O2. The third-order valence-electron chi connectivity index (χ3n) is 8.36. The molecule has 6 nitrogen and oxygen atoms in total. The molecule has 7 rings (SSSR count). The highest BCUT2D eigenvalue weighted by Crippen LogP contribution is 2.35. The number of aromatic nitrogens is 2. The molecular weight excluding hydrogens is 472 g/mol. The molecule has 0 N–H and O–H groups in total. The van der Waals surface area contributed by atoms with Gasteiger partial charge in [0.2, 0.25) is 0 Å². The van der Waals surface area contributed by atoms with Crippen LogP contribution in [0.15, 0.2) is 60.7 Å². The van der Waals surface area contributed by atoms with E-state index in [2.05, 4.69) is 63.8 Å². The van der Waals surface area contributed by atoms with Gasteiger partial charge in [0.1, 0.15) is 0 Å². The highest BCUT2D eigenvalue weighted by atomic mass is 16.2. The number of pyridine rings is 1. The zero-order chi connectivity index (χ0) is 26.1. The molecule has 0 bridgehead atoms. The number of imide groups is 1. The number of hydrogen-bond donors (Lipinski definition) is 0. The molecule has 1 atom stereocenters. The van der Waals surface area contributed by atoms with Crippen LogP contribution >= 0.6 is 0 Å². The number of para-hydroxylation sites is 1. The van der Waals surface area contributed by atoms with Gasteiger partial charge in [-0.2, -0.15) is 0 Å². The van der Waals surface area contributed by atoms with E-state index >= 15 is 0 Å². The van der Waals surface area contributed by atoms with Crippen LogP contribution in [-0.2, 0) is 13.1 Å². The largest absolute Gasteiger partial charge is 0.341 e. The molecule has 0 spiro atoms. The van der Waals surface area contributed by atoms with Gasteiger partial charge < -0.3 is 4.57 Å². The van der Waals surface area contributed by atoms with Gasteiger partial charge >= 0.3 is 0 Å². The number of rotatable bonds is 4. The monoisotopic (exact) mass is 502 g/mol. The lowest BCUT2D eigenvalue weighted by molar-refractivity contribution is 0.0588. The van der Waals surface area contributed by atoms with Crippen LogP contribution in [0.4, 0.5) is 0 Å². The summed E-state index contributed by atoms with van der Waals surface area (Å²) >= 11 is 0. The molecule has 5 aromatic rings. The minimum absolute atomic E-state index is 0.132. The number of benzene rings is 3. The van der Waals surface area contributed by atoms with Crippen molar-refractivity contribution in [3.63, 3.8) is 0 Å². The van der Waals surface area contributed by atoms with Crippen molar-refractivity contribution in [3.8, 4) is 0 Å². The lowest BCUT2D eigenvalue weighted by Gasteiger charge is -2.23. The number of nitrogens with zero attached hydrogens (tertiary/aromatic N) is 4. The number of amides is 2. The van der Waals surface area contributed by atoms with E-state index in [4.69, 9.17) is 0 Å². The Morgan fingerprint density at radius 1 is 0.868 bits per heavy atom. The van der Waals surface area contributed by atoms with Crippen molar-refractivity contribution in [3.05, 3.63) is 88.6 Å². The lowest BCUT2D eigenvalue weighted by atomic mass is 10.0. The molecule has 38 heavy (non-hydrogen) atoms. The number of likely N-dealkylation sites (tertiary alicyclic amines) is 1. The van der Waals surface area contributed by atoms with Gasteiger partial charge in [-0.1, -0.05) is 35.9 Å². The van der Waals surface area contributed by atoms with Crippen LogP contribution in [0.5, 0.6) is 0 Å². The van der Waals surface area contributed by atoms with Crippen LogP contribution in [0.1, 0.15) is 50.9 Å². The Kier molecular flexibility index (Phi) is 5.17. The zero-order valence-corrected chi connectivity index (χ0v) is 22.0. The summed E-state index contributed by atoms with van der Waals surface area (Å²) in [5.74, 6) is -0.370. The van der Waals surface area contributed by atoms with E-state index in [1.165, 1.54) is 32.3 Å². The second kappa shape index (κ2) is 8.50. The van der Waals surface area contributed by atoms with Gasteiger partial charge in [0.05, 0.1) is 28.4 Å². The van der Waals surface area contributed by atoms with Gasteiger partial charge in [0, 0.05) is 53.4 Å². The summed E-state index contributed by atoms with van der Waals surface area (Å²) in [6.45, 7) is 9.28. The van der Waals surface area contributed by atoms with Crippen molar-refractivity contribution >= 4 is 44.5 Å². The molecule has 2 amide bonds. The number of hydrogen-bond acceptors (Lipinski definition) is 4. The predicted molar refractivity (Wildman–Crippen MR) is 151 cm³/mol. The zero-order valence-electron chi connectivity index (χ0n) is 22.0. The molecule has 190 valence electrons. The van der Waals surface area contributed by atoms with Crippen LogP contribution in [-0.4, -0.2) is 50.3 Å². The smallest absolute Gasteiger partial charge is 0.263 e. The Bertz CT molecular complexity index is 1800. The van der Waals surface area contributed by atoms with Crippen molar-refractivity contribution in [1.29, 1.82) is 0 Å². The summed E-state index contributed by atoms with van der Waals surface area (Å²) < 4.78 is 2.37. The minimum atomic E-state index is -0.195. The first-order valence-corrected chi connectivity index (χ1v) is 13.5. The minimum Gasteiger partial charge on any atom is -0.341 e. The van der Waals surface area contributed by atoms with Crippen molar-refractivity contribution < 1.29 is 9.59 Å². The van der Waals surface area contributed by atoms with Crippen LogP contribution < -0.4 is 0 Å². The molecule has 1 fully saturated rings. The standard InChI is InChI=1S/C32H30N4O2/c1-4-35-27-8-6-5-7-23(27)24-16-21(10-12-28(24)35)17-34-14-13-22(18-34)36-31(37)29-20(3)33-26-11-9-19(2)15-25(26)30(29)32(36)38/h5-12,15-16,22H,4,13-14,17-18H2,1-3H3. The number of fused-ring (bicyclic) bond motifs is 6. The fraction of sp³-hybridized carbons (Fsp3) is 0.281. The van der Waals surface area contributed by atoms with Crippen LogP contribution in [0.25, 0.3) is 32.7 Å². The molecule has 6 heteroatoms. The van der Waals surface area contributed by atoms with E-state index in [1.54, 1.807) is 0 Å². The van der Waals surface area contributed by atoms with Crippen LogP contribution in [0, 0.1) is 13.8 Å². The fourth-order valence-corrected chi connectivity index (χ4v) is 6.61. The van der Waals surface area contributed by atoms with Gasteiger partial charge in [-0.05, 0) is 63.1 Å². The van der Waals surface area contributed by atoms with E-state index in [-0.39, 0.29) is 17.9 Å². The second-order valence-corrected chi connectivity index (χ2v) is 10.7. The summed E-state index contributed by atoms with van der Waals surface area (Å²) in [6, 6.07) is 21.1. The first-order chi connectivity index (χ1) is 18.4. The van der Waals surface area contributed by atoms with Crippen LogP contribution in [0.3, 0.4) is 0 Å². The van der Waals surface area contributed by atoms with Crippen molar-refractivity contribution in [1.82, 2.24) is 19.4 Å². The Labute approximate surface area is 221 Å². The predicted octanol–water partition coefficient (Wildman–Crippen LogP) is 5.85. The van der Waals surface area contributed by atoms with Gasteiger partial charge in [0.25, 0.3) is 11.8 Å². The molecule has 2 aliphatic rings. The molecule has 0 radical (unpaired) electrons. The van der Waals surface area contributed by atoms with Crippen molar-refractivity contribution in [2.75, 3.05) is 13.1 Å². The number of aryl methyl sites for hydroxylation is 3. The van der Waals surface area contributed by atoms with Gasteiger partial charge in [-0.25, -0.2) is 0 Å². The summed E-state index contributed by atoms with van der Waals surface area (Å²) in [7, 11) is 0. The molecule has 1 saturated heterocycles. The van der Waals surface area contributed by atoms with E-state index in [0.717, 1.165) is 42.5 Å². The first-order valence-electron chi connectivity index (χ1n) is 13.5. The third-order valence-corrected chi connectivity index (χ3v) is 8.36.